The molecule has 0 aliphatic heterocycles. The highest BCUT2D eigenvalue weighted by Gasteiger charge is 2.13. The van der Waals surface area contributed by atoms with Crippen LogP contribution in [0.4, 0.5) is 0 Å². The smallest absolute Gasteiger partial charge is 0.305 e. The first-order valence-corrected chi connectivity index (χ1v) is 8.69. The summed E-state index contributed by atoms with van der Waals surface area (Å²) in [5.41, 5.74) is -0.237. The van der Waals surface area contributed by atoms with Gasteiger partial charge in [0.05, 0.1) is 13.2 Å². The molecular formula is C17H34N4O3. The summed E-state index contributed by atoms with van der Waals surface area (Å²) < 4.78 is 4.88. The predicted octanol–water partition coefficient (Wildman–Crippen LogP) is 1.58. The first-order valence-electron chi connectivity index (χ1n) is 8.69. The topological polar surface area (TPSA) is 91.8 Å². The van der Waals surface area contributed by atoms with Gasteiger partial charge in [-0.25, -0.2) is 0 Å². The maximum Gasteiger partial charge on any atom is 0.305 e. The molecule has 24 heavy (non-hydrogen) atoms. The summed E-state index contributed by atoms with van der Waals surface area (Å²) in [6.07, 6.45) is 4.37. The van der Waals surface area contributed by atoms with Crippen LogP contribution in [0.1, 0.15) is 59.8 Å². The minimum absolute atomic E-state index is 0.0654. The van der Waals surface area contributed by atoms with Gasteiger partial charge in [0, 0.05) is 25.6 Å². The molecule has 0 aromatic heterocycles. The maximum absolute atomic E-state index is 11.7. The number of unbranched alkanes of at least 4 members (excludes halogenated alkanes) is 3. The maximum atomic E-state index is 11.7. The number of aliphatic imine (C=N–C) groups is 1. The predicted molar refractivity (Wildman–Crippen MR) is 97.0 cm³/mol. The van der Waals surface area contributed by atoms with Crippen LogP contribution in [0.5, 0.6) is 0 Å². The number of hydrogen-bond acceptors (Lipinski definition) is 4. The van der Waals surface area contributed by atoms with Crippen molar-refractivity contribution < 1.29 is 14.3 Å². The van der Waals surface area contributed by atoms with Gasteiger partial charge in [0.1, 0.15) is 0 Å². The Morgan fingerprint density at radius 1 is 1.04 bits per heavy atom. The number of carbonyl (C=O) groups excluding carboxylic acids is 2. The van der Waals surface area contributed by atoms with E-state index >= 15 is 0 Å². The molecule has 0 spiro atoms. The number of esters is 1. The molecule has 140 valence electrons. The van der Waals surface area contributed by atoms with Crippen molar-refractivity contribution in [1.82, 2.24) is 16.0 Å². The van der Waals surface area contributed by atoms with Gasteiger partial charge in [0.25, 0.3) is 0 Å². The number of rotatable bonds is 10. The van der Waals surface area contributed by atoms with Gasteiger partial charge < -0.3 is 20.7 Å². The molecule has 3 N–H and O–H groups in total. The summed E-state index contributed by atoms with van der Waals surface area (Å²) in [5, 5.41) is 9.05. The van der Waals surface area contributed by atoms with Crippen molar-refractivity contribution in [2.45, 2.75) is 65.3 Å². The average molecular weight is 342 g/mol. The lowest BCUT2D eigenvalue weighted by atomic mass is 10.1. The highest BCUT2D eigenvalue weighted by Crippen LogP contribution is 2.03. The molecule has 0 aromatic carbocycles. The summed E-state index contributed by atoms with van der Waals surface area (Å²) in [6.45, 7) is 9.07. The van der Waals surface area contributed by atoms with E-state index in [9.17, 15) is 9.59 Å². The second-order valence-electron chi connectivity index (χ2n) is 6.62. The molecule has 0 bridgehead atoms. The van der Waals surface area contributed by atoms with Gasteiger partial charge in [0.15, 0.2) is 5.96 Å². The normalized spacial score (nSPS) is 11.8. The molecule has 0 saturated heterocycles. The Morgan fingerprint density at radius 2 is 1.71 bits per heavy atom. The third-order valence-corrected chi connectivity index (χ3v) is 3.06. The summed E-state index contributed by atoms with van der Waals surface area (Å²) in [4.78, 5) is 27.0. The lowest BCUT2D eigenvalue weighted by Gasteiger charge is -2.21. The van der Waals surface area contributed by atoms with Gasteiger partial charge in [0.2, 0.25) is 5.91 Å². The number of hydrogen-bond donors (Lipinski definition) is 3. The molecule has 0 saturated carbocycles. The molecule has 1 amide bonds. The van der Waals surface area contributed by atoms with Gasteiger partial charge in [-0.15, -0.1) is 0 Å². The molecule has 0 aliphatic rings. The molecule has 0 heterocycles. The molecule has 0 aromatic rings. The molecule has 0 unspecified atom stereocenters. The van der Waals surface area contributed by atoms with Crippen LogP contribution >= 0.6 is 0 Å². The van der Waals surface area contributed by atoms with Gasteiger partial charge in [-0.05, 0) is 40.5 Å². The van der Waals surface area contributed by atoms with E-state index in [0.717, 1.165) is 32.2 Å². The van der Waals surface area contributed by atoms with E-state index in [1.54, 1.807) is 7.05 Å². The first-order chi connectivity index (χ1) is 11.3. The van der Waals surface area contributed by atoms with Crippen LogP contribution in [0.3, 0.4) is 0 Å². The number of ether oxygens (including phenoxy) is 1. The van der Waals surface area contributed by atoms with Crippen LogP contribution in [-0.2, 0) is 14.3 Å². The number of nitrogens with zero attached hydrogens (tertiary/aromatic N) is 1. The summed E-state index contributed by atoms with van der Waals surface area (Å²) >= 11 is 0. The molecule has 0 aliphatic carbocycles. The zero-order valence-corrected chi connectivity index (χ0v) is 15.8. The summed E-state index contributed by atoms with van der Waals surface area (Å²) in [5.74, 6) is 0.434. The monoisotopic (exact) mass is 342 g/mol. The number of guanidine groups is 1. The number of nitrogens with one attached hydrogen (secondary N) is 3. The third kappa shape index (κ3) is 13.8. The molecular weight excluding hydrogens is 308 g/mol. The summed E-state index contributed by atoms with van der Waals surface area (Å²) in [7, 11) is 1.68. The Morgan fingerprint density at radius 3 is 2.29 bits per heavy atom. The second kappa shape index (κ2) is 12.6. The Hall–Kier alpha value is -1.79. The van der Waals surface area contributed by atoms with Crippen LogP contribution in [0, 0.1) is 0 Å². The lowest BCUT2D eigenvalue weighted by Crippen LogP contribution is -2.48. The first kappa shape index (κ1) is 22.2. The van der Waals surface area contributed by atoms with Crippen molar-refractivity contribution in [3.63, 3.8) is 0 Å². The fraction of sp³-hybridized carbons (Fsp3) is 0.824. The minimum Gasteiger partial charge on any atom is -0.466 e. The van der Waals surface area contributed by atoms with Crippen LogP contribution in [0.25, 0.3) is 0 Å². The average Bonchev–Trinajstić information content (AvgIpc) is 2.47. The van der Waals surface area contributed by atoms with E-state index in [4.69, 9.17) is 4.74 Å². The number of amides is 1. The van der Waals surface area contributed by atoms with E-state index in [1.165, 1.54) is 0 Å². The van der Waals surface area contributed by atoms with Crippen molar-refractivity contribution in [1.29, 1.82) is 0 Å². The van der Waals surface area contributed by atoms with Crippen LogP contribution in [0.2, 0.25) is 0 Å². The van der Waals surface area contributed by atoms with Crippen molar-refractivity contribution in [3.05, 3.63) is 0 Å². The SMILES string of the molecule is CCOC(=O)CCCCCCNC(=NC)NCC(=O)NC(C)(C)C. The fourth-order valence-corrected chi connectivity index (χ4v) is 2.03. The quantitative estimate of drug-likeness (QED) is 0.243. The van der Waals surface area contributed by atoms with E-state index < -0.39 is 0 Å². The van der Waals surface area contributed by atoms with E-state index in [-0.39, 0.29) is 24.0 Å². The Kier molecular flexibility index (Phi) is 11.7. The van der Waals surface area contributed by atoms with Crippen LogP contribution in [0.15, 0.2) is 4.99 Å². The van der Waals surface area contributed by atoms with Crippen molar-refractivity contribution in [2.75, 3.05) is 26.7 Å². The van der Waals surface area contributed by atoms with Gasteiger partial charge in [-0.3, -0.25) is 14.6 Å². The molecule has 0 rings (SSSR count). The van der Waals surface area contributed by atoms with Crippen molar-refractivity contribution in [3.8, 4) is 0 Å². The summed E-state index contributed by atoms with van der Waals surface area (Å²) in [6, 6.07) is 0. The van der Waals surface area contributed by atoms with Crippen LogP contribution in [-0.4, -0.2) is 50.1 Å². The Labute approximate surface area is 146 Å². The molecule has 0 radical (unpaired) electrons. The molecule has 7 heteroatoms. The molecule has 7 nitrogen and oxygen atoms in total. The van der Waals surface area contributed by atoms with E-state index in [2.05, 4.69) is 20.9 Å². The fourth-order valence-electron chi connectivity index (χ4n) is 2.03. The van der Waals surface area contributed by atoms with Gasteiger partial charge >= 0.3 is 5.97 Å². The van der Waals surface area contributed by atoms with Gasteiger partial charge in [-0.2, -0.15) is 0 Å². The highest BCUT2D eigenvalue weighted by molar-refractivity contribution is 5.86. The largest absolute Gasteiger partial charge is 0.466 e. The highest BCUT2D eigenvalue weighted by atomic mass is 16.5. The second-order valence-corrected chi connectivity index (χ2v) is 6.62. The van der Waals surface area contributed by atoms with Crippen molar-refractivity contribution >= 4 is 17.8 Å². The Bertz CT molecular complexity index is 403. The van der Waals surface area contributed by atoms with Crippen molar-refractivity contribution in [2.24, 2.45) is 4.99 Å². The third-order valence-electron chi connectivity index (χ3n) is 3.06. The molecule has 0 atom stereocenters. The van der Waals surface area contributed by atoms with E-state index in [1.807, 2.05) is 27.7 Å². The lowest BCUT2D eigenvalue weighted by molar-refractivity contribution is -0.143. The zero-order valence-electron chi connectivity index (χ0n) is 15.8. The Balaban J connectivity index is 3.70. The zero-order chi connectivity index (χ0) is 18.4. The van der Waals surface area contributed by atoms with Crippen LogP contribution < -0.4 is 16.0 Å². The standard InChI is InChI=1S/C17H34N4O3/c1-6-24-15(23)11-9-7-8-10-12-19-16(18-5)20-13-14(22)21-17(2,3)4/h6-13H2,1-5H3,(H,21,22)(H2,18,19,20). The number of carbonyl (C=O) groups is 2. The van der Waals surface area contributed by atoms with Gasteiger partial charge in [-0.1, -0.05) is 12.8 Å². The molecule has 0 fully saturated rings. The minimum atomic E-state index is -0.237. The van der Waals surface area contributed by atoms with E-state index in [0.29, 0.717) is 19.0 Å².